The van der Waals surface area contributed by atoms with Crippen molar-refractivity contribution >= 4 is 23.8 Å². The molecule has 0 aliphatic heterocycles. The molecule has 0 spiro atoms. The highest BCUT2D eigenvalue weighted by Crippen LogP contribution is 2.38. The summed E-state index contributed by atoms with van der Waals surface area (Å²) < 4.78 is 27.6. The number of rotatable bonds is 14. The van der Waals surface area contributed by atoms with Crippen LogP contribution < -0.4 is 14.2 Å². The zero-order valence-corrected chi connectivity index (χ0v) is 25.7. The number of ketones is 1. The quantitative estimate of drug-likeness (QED) is 0.0785. The van der Waals surface area contributed by atoms with Crippen molar-refractivity contribution in [2.24, 2.45) is 10.8 Å². The van der Waals surface area contributed by atoms with Gasteiger partial charge in [-0.1, -0.05) is 12.2 Å². The Balaban J connectivity index is 2.34. The van der Waals surface area contributed by atoms with E-state index in [1.165, 1.54) is 13.2 Å². The molecule has 0 aromatic heterocycles. The van der Waals surface area contributed by atoms with Gasteiger partial charge in [0.05, 0.1) is 23.5 Å². The normalized spacial score (nSPS) is 11.5. The lowest BCUT2D eigenvalue weighted by Gasteiger charge is -2.21. The van der Waals surface area contributed by atoms with Gasteiger partial charge in [-0.05, 0) is 108 Å². The largest absolute Gasteiger partial charge is 0.496 e. The van der Waals surface area contributed by atoms with Gasteiger partial charge >= 0.3 is 11.9 Å². The van der Waals surface area contributed by atoms with Crippen molar-refractivity contribution in [2.45, 2.75) is 54.4 Å². The van der Waals surface area contributed by atoms with Crippen LogP contribution in [-0.2, 0) is 31.9 Å². The average Bonchev–Trinajstić information content (AvgIpc) is 2.92. The molecule has 2 aromatic rings. The van der Waals surface area contributed by atoms with Crippen molar-refractivity contribution in [3.05, 3.63) is 84.0 Å². The highest BCUT2D eigenvalue weighted by atomic mass is 16.7. The van der Waals surface area contributed by atoms with E-state index in [2.05, 4.69) is 13.2 Å². The Morgan fingerprint density at radius 3 is 1.74 bits per heavy atom. The van der Waals surface area contributed by atoms with Crippen LogP contribution in [0.25, 0.3) is 6.08 Å². The van der Waals surface area contributed by atoms with Crippen molar-refractivity contribution in [1.82, 2.24) is 0 Å². The number of carbonyl (C=O) groups excluding carboxylic acids is 3. The molecular weight excluding hydrogens is 536 g/mol. The lowest BCUT2D eigenvalue weighted by molar-refractivity contribution is -0.160. The fourth-order valence-corrected chi connectivity index (χ4v) is 3.66. The summed E-state index contributed by atoms with van der Waals surface area (Å²) in [5.41, 5.74) is 1.26. The third kappa shape index (κ3) is 9.65. The lowest BCUT2D eigenvalue weighted by atomic mass is 9.97. The fourth-order valence-electron chi connectivity index (χ4n) is 3.66. The Hall–Kier alpha value is -4.33. The zero-order valence-electron chi connectivity index (χ0n) is 25.7. The summed E-state index contributed by atoms with van der Waals surface area (Å²) in [4.78, 5) is 37.3. The van der Waals surface area contributed by atoms with Gasteiger partial charge in [0, 0.05) is 5.56 Å². The monoisotopic (exact) mass is 578 g/mol. The molecule has 0 aliphatic rings. The maximum Gasteiger partial charge on any atom is 0.314 e. The molecule has 0 saturated heterocycles. The molecule has 0 unspecified atom stereocenters. The molecule has 2 rings (SSSR count). The number of hydrogen-bond donors (Lipinski definition) is 0. The first-order valence-corrected chi connectivity index (χ1v) is 13.6. The van der Waals surface area contributed by atoms with Crippen LogP contribution in [-0.4, -0.2) is 38.4 Å². The maximum absolute atomic E-state index is 13.1. The number of carbonyl (C=O) groups is 3. The van der Waals surface area contributed by atoms with E-state index in [0.717, 1.165) is 11.1 Å². The fraction of sp³-hybridized carbons (Fsp3) is 0.382. The molecule has 8 nitrogen and oxygen atoms in total. The predicted octanol–water partition coefficient (Wildman–Crippen LogP) is 6.90. The van der Waals surface area contributed by atoms with E-state index < -0.39 is 16.8 Å². The van der Waals surface area contributed by atoms with Gasteiger partial charge in [0.25, 0.3) is 0 Å². The zero-order chi connectivity index (χ0) is 31.5. The standard InChI is InChI=1S/C34H42O8/c1-10-12-24-20-25(13-11-2)30(40-22-42-32(37)34(6,7)8)27(29(24)38-9)18-19-28(35)23-14-16-26(17-15-23)39-21-41-31(36)33(3,4)5/h10-11,14-20H,1-2,12-13,21-22H2,3-9H3. The van der Waals surface area contributed by atoms with Gasteiger partial charge in [0.2, 0.25) is 13.6 Å². The number of benzene rings is 2. The van der Waals surface area contributed by atoms with Crippen molar-refractivity contribution in [3.8, 4) is 17.2 Å². The van der Waals surface area contributed by atoms with Crippen LogP contribution in [0, 0.1) is 10.8 Å². The second-order valence-corrected chi connectivity index (χ2v) is 11.6. The van der Waals surface area contributed by atoms with Gasteiger partial charge < -0.3 is 23.7 Å². The van der Waals surface area contributed by atoms with Crippen LogP contribution in [0.2, 0.25) is 0 Å². The Morgan fingerprint density at radius 1 is 0.762 bits per heavy atom. The summed E-state index contributed by atoms with van der Waals surface area (Å²) in [5.74, 6) is 0.322. The minimum Gasteiger partial charge on any atom is -0.496 e. The van der Waals surface area contributed by atoms with Gasteiger partial charge in [-0.25, -0.2) is 0 Å². The Kier molecular flexibility index (Phi) is 12.1. The number of ether oxygens (including phenoxy) is 5. The molecule has 0 amide bonds. The highest BCUT2D eigenvalue weighted by Gasteiger charge is 2.25. The van der Waals surface area contributed by atoms with Crippen LogP contribution in [0.15, 0.2) is 61.7 Å². The van der Waals surface area contributed by atoms with Crippen molar-refractivity contribution in [1.29, 1.82) is 0 Å². The third-order valence-corrected chi connectivity index (χ3v) is 5.93. The summed E-state index contributed by atoms with van der Waals surface area (Å²) >= 11 is 0. The van der Waals surface area contributed by atoms with Gasteiger partial charge in [-0.15, -0.1) is 13.2 Å². The number of allylic oxidation sites excluding steroid dienone is 3. The second kappa shape index (κ2) is 15.1. The summed E-state index contributed by atoms with van der Waals surface area (Å²) in [6, 6.07) is 8.41. The molecule has 2 aromatic carbocycles. The summed E-state index contributed by atoms with van der Waals surface area (Å²) in [6.45, 7) is 17.7. The molecule has 0 N–H and O–H groups in total. The molecule has 8 heteroatoms. The Labute approximate surface area is 249 Å². The number of hydrogen-bond acceptors (Lipinski definition) is 8. The summed E-state index contributed by atoms with van der Waals surface area (Å²) in [6.07, 6.45) is 7.53. The number of methoxy groups -OCH3 is 1. The SMILES string of the molecule is C=CCc1cc(CC=C)c(OCOC(=O)C(C)(C)C)c(C=CC(=O)c2ccc(OCOC(=O)C(C)(C)C)cc2)c1OC. The van der Waals surface area contributed by atoms with Crippen LogP contribution in [0.3, 0.4) is 0 Å². The predicted molar refractivity (Wildman–Crippen MR) is 163 cm³/mol. The molecule has 0 atom stereocenters. The van der Waals surface area contributed by atoms with E-state index in [4.69, 9.17) is 23.7 Å². The van der Waals surface area contributed by atoms with E-state index in [1.807, 2.05) is 6.07 Å². The third-order valence-electron chi connectivity index (χ3n) is 5.93. The topological polar surface area (TPSA) is 97.4 Å². The molecule has 226 valence electrons. The van der Waals surface area contributed by atoms with E-state index >= 15 is 0 Å². The smallest absolute Gasteiger partial charge is 0.314 e. The van der Waals surface area contributed by atoms with Crippen LogP contribution in [0.4, 0.5) is 0 Å². The Morgan fingerprint density at radius 2 is 1.26 bits per heavy atom. The first-order valence-electron chi connectivity index (χ1n) is 13.6. The minimum atomic E-state index is -0.689. The van der Waals surface area contributed by atoms with Crippen molar-refractivity contribution in [2.75, 3.05) is 20.7 Å². The van der Waals surface area contributed by atoms with Crippen molar-refractivity contribution in [3.63, 3.8) is 0 Å². The van der Waals surface area contributed by atoms with Gasteiger partial charge in [0.1, 0.15) is 17.2 Å². The van der Waals surface area contributed by atoms with Crippen LogP contribution in [0.5, 0.6) is 17.2 Å². The molecule has 0 radical (unpaired) electrons. The van der Waals surface area contributed by atoms with Crippen LogP contribution >= 0.6 is 0 Å². The molecular formula is C34H42O8. The molecule has 0 aliphatic carbocycles. The molecule has 42 heavy (non-hydrogen) atoms. The minimum absolute atomic E-state index is 0.231. The highest BCUT2D eigenvalue weighted by molar-refractivity contribution is 6.07. The number of esters is 2. The average molecular weight is 579 g/mol. The van der Waals surface area contributed by atoms with E-state index in [9.17, 15) is 14.4 Å². The van der Waals surface area contributed by atoms with Gasteiger partial charge in [-0.3, -0.25) is 14.4 Å². The van der Waals surface area contributed by atoms with Crippen molar-refractivity contribution < 1.29 is 38.1 Å². The Bertz CT molecular complexity index is 1310. The van der Waals surface area contributed by atoms with E-state index in [1.54, 1.807) is 84.0 Å². The molecule has 0 saturated carbocycles. The first-order chi connectivity index (χ1) is 19.7. The summed E-state index contributed by atoms with van der Waals surface area (Å²) in [5, 5.41) is 0. The lowest BCUT2D eigenvalue weighted by Crippen LogP contribution is -2.25. The van der Waals surface area contributed by atoms with Gasteiger partial charge in [-0.2, -0.15) is 0 Å². The molecule has 0 bridgehead atoms. The second-order valence-electron chi connectivity index (χ2n) is 11.6. The van der Waals surface area contributed by atoms with Gasteiger partial charge in [0.15, 0.2) is 5.78 Å². The van der Waals surface area contributed by atoms with Crippen LogP contribution in [0.1, 0.15) is 68.6 Å². The summed E-state index contributed by atoms with van der Waals surface area (Å²) in [7, 11) is 1.54. The molecule has 0 fully saturated rings. The van der Waals surface area contributed by atoms with E-state index in [-0.39, 0.29) is 25.3 Å². The van der Waals surface area contributed by atoms with E-state index in [0.29, 0.717) is 41.2 Å². The molecule has 0 heterocycles. The first kappa shape index (κ1) is 33.9. The maximum atomic E-state index is 13.1.